The van der Waals surface area contributed by atoms with Crippen molar-refractivity contribution in [1.82, 2.24) is 0 Å². The van der Waals surface area contributed by atoms with Crippen molar-refractivity contribution in [3.8, 4) is 17.2 Å². The molecule has 2 N–H and O–H groups in total. The van der Waals surface area contributed by atoms with E-state index in [2.05, 4.69) is 10.6 Å². The smallest absolute Gasteiger partial charge is 0.418 e. The Bertz CT molecular complexity index is 1320. The van der Waals surface area contributed by atoms with E-state index in [1.54, 1.807) is 36.4 Å². The van der Waals surface area contributed by atoms with E-state index in [1.807, 2.05) is 18.2 Å². The van der Waals surface area contributed by atoms with Crippen molar-refractivity contribution >= 4 is 23.2 Å². The van der Waals surface area contributed by atoms with Gasteiger partial charge in [-0.25, -0.2) is 0 Å². The van der Waals surface area contributed by atoms with E-state index >= 15 is 0 Å². The standard InChI is InChI=1S/C26H19F3N2O5/c27-26(28,29)22-14-18(30-25(33)17-12-13-34-15-17)6-11-23(22)31-24(32)16-35-19-7-9-21(10-8-19)36-20-4-2-1-3-5-20/h1-15H,16H2,(H,30,33)(H,31,32). The first-order chi connectivity index (χ1) is 17.3. The zero-order chi connectivity index (χ0) is 25.5. The zero-order valence-electron chi connectivity index (χ0n) is 18.5. The molecule has 0 aliphatic rings. The van der Waals surface area contributed by atoms with Gasteiger partial charge in [0, 0.05) is 5.69 Å². The summed E-state index contributed by atoms with van der Waals surface area (Å²) < 4.78 is 56.7. The molecule has 3 aromatic carbocycles. The molecule has 0 unspecified atom stereocenters. The summed E-state index contributed by atoms with van der Waals surface area (Å²) in [5.74, 6) is 0.104. The third-order valence-corrected chi connectivity index (χ3v) is 4.81. The van der Waals surface area contributed by atoms with Crippen LogP contribution in [0.1, 0.15) is 15.9 Å². The molecule has 7 nitrogen and oxygen atoms in total. The SMILES string of the molecule is O=C(COc1ccc(Oc2ccccc2)cc1)Nc1ccc(NC(=O)c2ccoc2)cc1C(F)(F)F. The van der Waals surface area contributed by atoms with Crippen LogP contribution in [0.2, 0.25) is 0 Å². The number of para-hydroxylation sites is 1. The molecular weight excluding hydrogens is 477 g/mol. The number of ether oxygens (including phenoxy) is 2. The fourth-order valence-corrected chi connectivity index (χ4v) is 3.13. The van der Waals surface area contributed by atoms with Gasteiger partial charge >= 0.3 is 6.18 Å². The molecule has 0 radical (unpaired) electrons. The molecule has 4 rings (SSSR count). The maximum Gasteiger partial charge on any atom is 0.418 e. The quantitative estimate of drug-likeness (QED) is 0.296. The summed E-state index contributed by atoms with van der Waals surface area (Å²) in [6.07, 6.45) is -2.35. The van der Waals surface area contributed by atoms with Gasteiger partial charge in [0.25, 0.3) is 11.8 Å². The van der Waals surface area contributed by atoms with E-state index in [9.17, 15) is 22.8 Å². The Labute approximate surface area is 203 Å². The van der Waals surface area contributed by atoms with Crippen LogP contribution in [-0.4, -0.2) is 18.4 Å². The summed E-state index contributed by atoms with van der Waals surface area (Å²) >= 11 is 0. The Morgan fingerprint density at radius 2 is 1.53 bits per heavy atom. The second kappa shape index (κ2) is 10.7. The molecule has 2 amide bonds. The number of anilines is 2. The normalized spacial score (nSPS) is 11.0. The Hall–Kier alpha value is -4.73. The highest BCUT2D eigenvalue weighted by Gasteiger charge is 2.34. The number of carbonyl (C=O) groups excluding carboxylic acids is 2. The highest BCUT2D eigenvalue weighted by molar-refractivity contribution is 6.04. The van der Waals surface area contributed by atoms with Gasteiger partial charge in [0.15, 0.2) is 6.61 Å². The van der Waals surface area contributed by atoms with Crippen molar-refractivity contribution in [2.45, 2.75) is 6.18 Å². The van der Waals surface area contributed by atoms with Crippen molar-refractivity contribution in [2.75, 3.05) is 17.2 Å². The largest absolute Gasteiger partial charge is 0.484 e. The third kappa shape index (κ3) is 6.44. The van der Waals surface area contributed by atoms with Crippen molar-refractivity contribution in [3.63, 3.8) is 0 Å². The van der Waals surface area contributed by atoms with E-state index in [1.165, 1.54) is 24.7 Å². The van der Waals surface area contributed by atoms with Crippen molar-refractivity contribution in [3.05, 3.63) is 103 Å². The minimum Gasteiger partial charge on any atom is -0.484 e. The lowest BCUT2D eigenvalue weighted by atomic mass is 10.1. The molecule has 0 saturated carbocycles. The fourth-order valence-electron chi connectivity index (χ4n) is 3.13. The number of hydrogen-bond donors (Lipinski definition) is 2. The van der Waals surface area contributed by atoms with Crippen LogP contribution in [0.15, 0.2) is 95.8 Å². The predicted octanol–water partition coefficient (Wildman–Crippen LogP) is 6.36. The summed E-state index contributed by atoms with van der Waals surface area (Å²) in [7, 11) is 0. The van der Waals surface area contributed by atoms with Crippen LogP contribution in [0.3, 0.4) is 0 Å². The molecule has 0 aliphatic heterocycles. The average molecular weight is 496 g/mol. The number of nitrogens with one attached hydrogen (secondary N) is 2. The Morgan fingerprint density at radius 1 is 0.833 bits per heavy atom. The Balaban J connectivity index is 1.37. The first-order valence-electron chi connectivity index (χ1n) is 10.6. The van der Waals surface area contributed by atoms with Gasteiger partial charge in [-0.05, 0) is 60.7 Å². The fraction of sp³-hybridized carbons (Fsp3) is 0.0769. The summed E-state index contributed by atoms with van der Waals surface area (Å²) in [4.78, 5) is 24.4. The van der Waals surface area contributed by atoms with Crippen LogP contribution in [0.4, 0.5) is 24.5 Å². The molecule has 36 heavy (non-hydrogen) atoms. The molecule has 4 aromatic rings. The van der Waals surface area contributed by atoms with Crippen LogP contribution in [0.25, 0.3) is 0 Å². The molecule has 0 saturated heterocycles. The van der Waals surface area contributed by atoms with E-state index in [0.29, 0.717) is 17.2 Å². The highest BCUT2D eigenvalue weighted by atomic mass is 19.4. The summed E-state index contributed by atoms with van der Waals surface area (Å²) in [5, 5.41) is 4.56. The van der Waals surface area contributed by atoms with Gasteiger partial charge in [-0.1, -0.05) is 18.2 Å². The molecule has 1 aromatic heterocycles. The molecule has 0 fully saturated rings. The molecule has 0 spiro atoms. The number of alkyl halides is 3. The van der Waals surface area contributed by atoms with Crippen molar-refractivity contribution in [1.29, 1.82) is 0 Å². The second-order valence-electron chi connectivity index (χ2n) is 7.45. The zero-order valence-corrected chi connectivity index (χ0v) is 18.5. The summed E-state index contributed by atoms with van der Waals surface area (Å²) in [5.41, 5.74) is -1.54. The van der Waals surface area contributed by atoms with Crippen LogP contribution < -0.4 is 20.1 Å². The monoisotopic (exact) mass is 496 g/mol. The molecule has 0 bridgehead atoms. The maximum absolute atomic E-state index is 13.6. The third-order valence-electron chi connectivity index (χ3n) is 4.81. The lowest BCUT2D eigenvalue weighted by molar-refractivity contribution is -0.137. The van der Waals surface area contributed by atoms with E-state index < -0.39 is 35.8 Å². The lowest BCUT2D eigenvalue weighted by Crippen LogP contribution is -2.22. The Kier molecular flexibility index (Phi) is 7.24. The lowest BCUT2D eigenvalue weighted by Gasteiger charge is -2.16. The van der Waals surface area contributed by atoms with Gasteiger partial charge in [0.1, 0.15) is 23.5 Å². The molecule has 0 atom stereocenters. The first kappa shape index (κ1) is 24.4. The number of carbonyl (C=O) groups is 2. The van der Waals surface area contributed by atoms with Crippen LogP contribution in [-0.2, 0) is 11.0 Å². The maximum atomic E-state index is 13.6. The molecule has 0 aliphatic carbocycles. The van der Waals surface area contributed by atoms with Gasteiger partial charge in [0.2, 0.25) is 0 Å². The van der Waals surface area contributed by atoms with Gasteiger partial charge in [-0.3, -0.25) is 9.59 Å². The first-order valence-corrected chi connectivity index (χ1v) is 10.6. The van der Waals surface area contributed by atoms with E-state index in [-0.39, 0.29) is 11.3 Å². The van der Waals surface area contributed by atoms with Crippen molar-refractivity contribution < 1.29 is 36.7 Å². The number of amides is 2. The van der Waals surface area contributed by atoms with Crippen LogP contribution >= 0.6 is 0 Å². The molecule has 1 heterocycles. The van der Waals surface area contributed by atoms with E-state index in [4.69, 9.17) is 13.9 Å². The predicted molar refractivity (Wildman–Crippen MR) is 125 cm³/mol. The second-order valence-corrected chi connectivity index (χ2v) is 7.45. The number of benzene rings is 3. The molecule has 10 heteroatoms. The van der Waals surface area contributed by atoms with Crippen LogP contribution in [0, 0.1) is 0 Å². The summed E-state index contributed by atoms with van der Waals surface area (Å²) in [6, 6.07) is 20.0. The van der Waals surface area contributed by atoms with Gasteiger partial charge < -0.3 is 24.5 Å². The Morgan fingerprint density at radius 3 is 2.19 bits per heavy atom. The molecular formula is C26H19F3N2O5. The highest BCUT2D eigenvalue weighted by Crippen LogP contribution is 2.36. The number of rotatable bonds is 8. The van der Waals surface area contributed by atoms with E-state index in [0.717, 1.165) is 12.1 Å². The van der Waals surface area contributed by atoms with Crippen molar-refractivity contribution in [2.24, 2.45) is 0 Å². The summed E-state index contributed by atoms with van der Waals surface area (Å²) in [6.45, 7) is -0.519. The van der Waals surface area contributed by atoms with Gasteiger partial charge in [-0.2, -0.15) is 13.2 Å². The number of hydrogen-bond acceptors (Lipinski definition) is 5. The number of furan rings is 1. The van der Waals surface area contributed by atoms with Gasteiger partial charge in [0.05, 0.1) is 23.1 Å². The number of halogens is 3. The van der Waals surface area contributed by atoms with Gasteiger partial charge in [-0.15, -0.1) is 0 Å². The average Bonchev–Trinajstić information content (AvgIpc) is 3.40. The minimum atomic E-state index is -4.78. The molecule has 184 valence electrons. The van der Waals surface area contributed by atoms with Crippen LogP contribution in [0.5, 0.6) is 17.2 Å². The minimum absolute atomic E-state index is 0.0967. The topological polar surface area (TPSA) is 89.8 Å².